The highest BCUT2D eigenvalue weighted by molar-refractivity contribution is 5.87. The molecule has 0 saturated carbocycles. The molecular weight excluding hydrogens is 362 g/mol. The van der Waals surface area contributed by atoms with Crippen LogP contribution >= 0.6 is 0 Å². The lowest BCUT2D eigenvalue weighted by Crippen LogP contribution is -2.64. The normalized spacial score (nSPS) is 22.6. The Morgan fingerprint density at radius 1 is 1.07 bits per heavy atom. The summed E-state index contributed by atoms with van der Waals surface area (Å²) >= 11 is 0. The average Bonchev–Trinajstić information content (AvgIpc) is 2.94. The fourth-order valence-corrected chi connectivity index (χ4v) is 2.74. The molecule has 28 heavy (non-hydrogen) atoms. The maximum absolute atomic E-state index is 13.1. The van der Waals surface area contributed by atoms with Crippen LogP contribution in [0.15, 0.2) is 30.3 Å². The molecule has 0 aromatic heterocycles. The van der Waals surface area contributed by atoms with Gasteiger partial charge in [-0.2, -0.15) is 0 Å². The van der Waals surface area contributed by atoms with Crippen LogP contribution in [0.5, 0.6) is 0 Å². The Hall–Kier alpha value is -2.12. The van der Waals surface area contributed by atoms with Crippen molar-refractivity contribution >= 4 is 12.1 Å². The van der Waals surface area contributed by atoms with Crippen molar-refractivity contribution in [3.63, 3.8) is 0 Å². The van der Waals surface area contributed by atoms with E-state index < -0.39 is 34.9 Å². The molecule has 2 atom stereocenters. The molecule has 1 fully saturated rings. The van der Waals surface area contributed by atoms with Crippen LogP contribution in [0.25, 0.3) is 0 Å². The van der Waals surface area contributed by atoms with Crippen molar-refractivity contribution in [3.05, 3.63) is 35.9 Å². The molecule has 2 rings (SSSR count). The number of alkyl carbamates (subject to hydrolysis) is 1. The van der Waals surface area contributed by atoms with Gasteiger partial charge in [0.15, 0.2) is 5.54 Å². The van der Waals surface area contributed by atoms with Gasteiger partial charge in [-0.05, 0) is 47.1 Å². The first kappa shape index (κ1) is 22.2. The monoisotopic (exact) mass is 393 g/mol. The smallest absolute Gasteiger partial charge is 0.408 e. The van der Waals surface area contributed by atoms with Crippen molar-refractivity contribution in [2.75, 3.05) is 13.2 Å². The van der Waals surface area contributed by atoms with E-state index in [4.69, 9.17) is 18.9 Å². The van der Waals surface area contributed by atoms with Gasteiger partial charge in [0.1, 0.15) is 17.3 Å². The third-order valence-corrected chi connectivity index (χ3v) is 3.93. The number of esters is 1. The molecule has 1 N–H and O–H groups in total. The minimum absolute atomic E-state index is 0.0549. The second kappa shape index (κ2) is 8.49. The van der Waals surface area contributed by atoms with Gasteiger partial charge in [-0.25, -0.2) is 9.59 Å². The average molecular weight is 393 g/mol. The lowest BCUT2D eigenvalue weighted by Gasteiger charge is -2.35. The molecule has 0 spiro atoms. The Kier molecular flexibility index (Phi) is 6.72. The molecular formula is C21H31NO6. The molecule has 1 aromatic carbocycles. The number of carbonyl (C=O) groups excluding carboxylic acids is 2. The maximum Gasteiger partial charge on any atom is 0.408 e. The predicted octanol–water partition coefficient (Wildman–Crippen LogP) is 3.21. The van der Waals surface area contributed by atoms with Crippen molar-refractivity contribution in [1.29, 1.82) is 0 Å². The molecule has 1 saturated heterocycles. The Labute approximate surface area is 166 Å². The fourth-order valence-electron chi connectivity index (χ4n) is 2.74. The summed E-state index contributed by atoms with van der Waals surface area (Å²) in [7, 11) is 0. The summed E-state index contributed by atoms with van der Waals surface area (Å²) in [5.41, 5.74) is -1.97. The van der Waals surface area contributed by atoms with Gasteiger partial charge in [0.2, 0.25) is 0 Å². The van der Waals surface area contributed by atoms with E-state index in [0.29, 0.717) is 0 Å². The van der Waals surface area contributed by atoms with Crippen LogP contribution in [0, 0.1) is 0 Å². The number of nitrogens with one attached hydrogen (secondary N) is 1. The standard InChI is InChI=1S/C21H31NO6/c1-19(2,3)27-17(23)21(22-18(24)28-20(4,5)6)14-25-13-16(21)26-12-15-10-8-7-9-11-15/h7-11,16H,12-14H2,1-6H3,(H,22,24). The molecule has 1 amide bonds. The summed E-state index contributed by atoms with van der Waals surface area (Å²) in [6.07, 6.45) is -1.44. The van der Waals surface area contributed by atoms with E-state index in [9.17, 15) is 9.59 Å². The minimum Gasteiger partial charge on any atom is -0.458 e. The highest BCUT2D eigenvalue weighted by Gasteiger charge is 2.55. The van der Waals surface area contributed by atoms with Gasteiger partial charge in [-0.3, -0.25) is 0 Å². The van der Waals surface area contributed by atoms with Gasteiger partial charge < -0.3 is 24.3 Å². The molecule has 1 heterocycles. The number of benzene rings is 1. The lowest BCUT2D eigenvalue weighted by molar-refractivity contribution is -0.168. The zero-order chi connectivity index (χ0) is 21.0. The molecule has 1 aliphatic rings. The van der Waals surface area contributed by atoms with E-state index in [-0.39, 0.29) is 19.8 Å². The molecule has 7 heteroatoms. The largest absolute Gasteiger partial charge is 0.458 e. The molecule has 0 bridgehead atoms. The van der Waals surface area contributed by atoms with Gasteiger partial charge in [0, 0.05) is 0 Å². The van der Waals surface area contributed by atoms with Crippen LogP contribution < -0.4 is 5.32 Å². The molecule has 1 aromatic rings. The second-order valence-corrected chi connectivity index (χ2v) is 8.90. The second-order valence-electron chi connectivity index (χ2n) is 8.90. The van der Waals surface area contributed by atoms with E-state index in [1.165, 1.54) is 0 Å². The first-order valence-electron chi connectivity index (χ1n) is 9.39. The third kappa shape index (κ3) is 6.21. The van der Waals surface area contributed by atoms with Gasteiger partial charge >= 0.3 is 12.1 Å². The van der Waals surface area contributed by atoms with Gasteiger partial charge in [0.25, 0.3) is 0 Å². The van der Waals surface area contributed by atoms with Crippen LogP contribution in [0.4, 0.5) is 4.79 Å². The van der Waals surface area contributed by atoms with Gasteiger partial charge in [-0.15, -0.1) is 0 Å². The van der Waals surface area contributed by atoms with Crippen molar-refractivity contribution in [2.45, 2.75) is 71.0 Å². The highest BCUT2D eigenvalue weighted by Crippen LogP contribution is 2.28. The lowest BCUT2D eigenvalue weighted by atomic mass is 9.95. The van der Waals surface area contributed by atoms with E-state index >= 15 is 0 Å². The molecule has 2 unspecified atom stereocenters. The van der Waals surface area contributed by atoms with Crippen molar-refractivity contribution in [2.24, 2.45) is 0 Å². The summed E-state index contributed by atoms with van der Waals surface area (Å²) in [5, 5.41) is 2.67. The predicted molar refractivity (Wildman–Crippen MR) is 104 cm³/mol. The summed E-state index contributed by atoms with van der Waals surface area (Å²) < 4.78 is 22.4. The Morgan fingerprint density at radius 2 is 1.68 bits per heavy atom. The first-order valence-corrected chi connectivity index (χ1v) is 9.39. The zero-order valence-electron chi connectivity index (χ0n) is 17.5. The molecule has 0 aliphatic carbocycles. The summed E-state index contributed by atoms with van der Waals surface area (Å²) in [6.45, 7) is 10.9. The van der Waals surface area contributed by atoms with Crippen molar-refractivity contribution in [1.82, 2.24) is 5.32 Å². The van der Waals surface area contributed by atoms with Crippen LogP contribution in [0.2, 0.25) is 0 Å². The maximum atomic E-state index is 13.1. The topological polar surface area (TPSA) is 83.1 Å². The zero-order valence-corrected chi connectivity index (χ0v) is 17.5. The number of amides is 1. The van der Waals surface area contributed by atoms with Gasteiger partial charge in [0.05, 0.1) is 19.8 Å². The summed E-state index contributed by atoms with van der Waals surface area (Å²) in [5.74, 6) is -0.610. The summed E-state index contributed by atoms with van der Waals surface area (Å²) in [4.78, 5) is 25.5. The molecule has 156 valence electrons. The fraction of sp³-hybridized carbons (Fsp3) is 0.619. The van der Waals surface area contributed by atoms with E-state index in [2.05, 4.69) is 5.32 Å². The van der Waals surface area contributed by atoms with Crippen molar-refractivity contribution in [3.8, 4) is 0 Å². The first-order chi connectivity index (χ1) is 12.9. The number of hydrogen-bond acceptors (Lipinski definition) is 6. The molecule has 0 radical (unpaired) electrons. The van der Waals surface area contributed by atoms with Crippen LogP contribution in [-0.4, -0.2) is 48.1 Å². The summed E-state index contributed by atoms with van der Waals surface area (Å²) in [6, 6.07) is 9.57. The van der Waals surface area contributed by atoms with E-state index in [0.717, 1.165) is 5.56 Å². The van der Waals surface area contributed by atoms with Gasteiger partial charge in [-0.1, -0.05) is 30.3 Å². The van der Waals surface area contributed by atoms with Crippen LogP contribution in [0.3, 0.4) is 0 Å². The Bertz CT molecular complexity index is 676. The number of ether oxygens (including phenoxy) is 4. The quantitative estimate of drug-likeness (QED) is 0.774. The minimum atomic E-state index is -1.48. The molecule has 7 nitrogen and oxygen atoms in total. The SMILES string of the molecule is CC(C)(C)OC(=O)NC1(C(=O)OC(C)(C)C)COCC1OCc1ccccc1. The van der Waals surface area contributed by atoms with E-state index in [1.807, 2.05) is 30.3 Å². The van der Waals surface area contributed by atoms with E-state index in [1.54, 1.807) is 41.5 Å². The third-order valence-electron chi connectivity index (χ3n) is 3.93. The number of rotatable bonds is 5. The number of carbonyl (C=O) groups is 2. The van der Waals surface area contributed by atoms with Crippen LogP contribution in [-0.2, 0) is 30.3 Å². The Balaban J connectivity index is 2.22. The van der Waals surface area contributed by atoms with Crippen LogP contribution in [0.1, 0.15) is 47.1 Å². The molecule has 1 aliphatic heterocycles. The number of hydrogen-bond donors (Lipinski definition) is 1. The van der Waals surface area contributed by atoms with Crippen molar-refractivity contribution < 1.29 is 28.5 Å². The highest BCUT2D eigenvalue weighted by atomic mass is 16.6. The Morgan fingerprint density at radius 3 is 2.25 bits per heavy atom.